The Morgan fingerprint density at radius 2 is 1.69 bits per heavy atom. The Balaban J connectivity index is 1.19. The summed E-state index contributed by atoms with van der Waals surface area (Å²) in [6.07, 6.45) is 5.37. The molecule has 0 bridgehead atoms. The van der Waals surface area contributed by atoms with Crippen LogP contribution in [0.4, 0.5) is 0 Å². The predicted molar refractivity (Wildman–Crippen MR) is 167 cm³/mol. The summed E-state index contributed by atoms with van der Waals surface area (Å²) in [5.41, 5.74) is 7.20. The zero-order valence-corrected chi connectivity index (χ0v) is 23.6. The number of benzene rings is 3. The van der Waals surface area contributed by atoms with Crippen molar-refractivity contribution in [2.45, 2.75) is 57.0 Å². The second-order valence-electron chi connectivity index (χ2n) is 12.0. The fourth-order valence-electron chi connectivity index (χ4n) is 6.92. The number of H-pyrrole nitrogens is 1. The molecule has 7 rings (SSSR count). The molecular weight excluding hydrogens is 522 g/mol. The molecule has 2 unspecified atom stereocenters. The van der Waals surface area contributed by atoms with Gasteiger partial charge in [-0.1, -0.05) is 79.6 Å². The van der Waals surface area contributed by atoms with E-state index in [1.54, 1.807) is 18.2 Å². The van der Waals surface area contributed by atoms with Crippen LogP contribution in [0.2, 0.25) is 0 Å². The van der Waals surface area contributed by atoms with E-state index < -0.39 is 0 Å². The van der Waals surface area contributed by atoms with E-state index in [1.165, 1.54) is 5.57 Å². The summed E-state index contributed by atoms with van der Waals surface area (Å²) in [5.74, 6) is 0.652. The summed E-state index contributed by atoms with van der Waals surface area (Å²) >= 11 is 0. The summed E-state index contributed by atoms with van der Waals surface area (Å²) in [4.78, 5) is 29.4. The molecule has 0 spiro atoms. The monoisotopic (exact) mass is 557 g/mol. The van der Waals surface area contributed by atoms with Gasteiger partial charge in [0.1, 0.15) is 11.4 Å². The van der Waals surface area contributed by atoms with Gasteiger partial charge in [-0.25, -0.2) is 0 Å². The molecule has 5 aromatic rings. The number of aromatic nitrogens is 2. The smallest absolute Gasteiger partial charge is 0.249 e. The van der Waals surface area contributed by atoms with Crippen LogP contribution in [0.5, 0.6) is 5.75 Å². The molecule has 2 fully saturated rings. The minimum atomic E-state index is -0.197. The quantitative estimate of drug-likeness (QED) is 0.182. The normalized spacial score (nSPS) is 17.6. The number of para-hydroxylation sites is 1. The van der Waals surface area contributed by atoms with Crippen LogP contribution in [0.1, 0.15) is 66.2 Å². The average Bonchev–Trinajstić information content (AvgIpc) is 3.35. The predicted octanol–water partition coefficient (Wildman–Crippen LogP) is 6.87. The van der Waals surface area contributed by atoms with E-state index in [9.17, 15) is 14.7 Å². The first kappa shape index (κ1) is 26.3. The molecule has 0 radical (unpaired) electrons. The van der Waals surface area contributed by atoms with Crippen LogP contribution in [0, 0.1) is 5.92 Å². The zero-order valence-electron chi connectivity index (χ0n) is 23.6. The Kier molecular flexibility index (Phi) is 6.69. The number of phenols is 1. The highest BCUT2D eigenvalue weighted by Gasteiger charge is 2.33. The Bertz CT molecular complexity index is 1860. The van der Waals surface area contributed by atoms with Gasteiger partial charge in [-0.05, 0) is 65.6 Å². The lowest BCUT2D eigenvalue weighted by molar-refractivity contribution is -0.123. The van der Waals surface area contributed by atoms with Gasteiger partial charge < -0.3 is 20.0 Å². The van der Waals surface area contributed by atoms with Crippen molar-refractivity contribution >= 4 is 27.8 Å². The maximum Gasteiger partial charge on any atom is 0.249 e. The summed E-state index contributed by atoms with van der Waals surface area (Å²) in [6, 6.07) is 25.5. The molecule has 42 heavy (non-hydrogen) atoms. The maximum absolute atomic E-state index is 13.5. The third-order valence-corrected chi connectivity index (χ3v) is 9.20. The van der Waals surface area contributed by atoms with Crippen LogP contribution in [0.3, 0.4) is 0 Å². The summed E-state index contributed by atoms with van der Waals surface area (Å²) in [5, 5.41) is 15.0. The molecule has 2 atom stereocenters. The van der Waals surface area contributed by atoms with Crippen LogP contribution >= 0.6 is 0 Å². The van der Waals surface area contributed by atoms with Crippen molar-refractivity contribution in [3.05, 3.63) is 124 Å². The topological polar surface area (TPSA) is 87.1 Å². The lowest BCUT2D eigenvalue weighted by Crippen LogP contribution is -2.32. The Hall–Kier alpha value is -4.58. The van der Waals surface area contributed by atoms with Gasteiger partial charge in [0.2, 0.25) is 11.5 Å². The van der Waals surface area contributed by atoms with Crippen LogP contribution in [-0.4, -0.2) is 20.6 Å². The standard InChI is InChI=1S/C36H35N3O3/c1-22-18-29(22)30-19-32(41)38-35-34(30)28-8-4-5-9-31(28)39(35)21-24-10-14-26(15-11-24)33(25-6-2-3-7-25)36(42)37-20-23-12-16-27(40)17-13-23/h4-5,8-17,19,25,29,33,40H,1-3,6-7,18,20-21H2,(H,37,42)(H,38,41). The average molecular weight is 558 g/mol. The molecule has 2 aliphatic carbocycles. The highest BCUT2D eigenvalue weighted by molar-refractivity contribution is 6.09. The Morgan fingerprint density at radius 3 is 2.40 bits per heavy atom. The van der Waals surface area contributed by atoms with E-state index in [0.717, 1.165) is 76.3 Å². The number of rotatable bonds is 8. The molecular formula is C36H35N3O3. The second kappa shape index (κ2) is 10.7. The molecule has 0 aliphatic heterocycles. The van der Waals surface area contributed by atoms with E-state index in [2.05, 4.69) is 57.8 Å². The summed E-state index contributed by atoms with van der Waals surface area (Å²) in [7, 11) is 0. The first-order valence-electron chi connectivity index (χ1n) is 14.9. The number of pyridine rings is 1. The second-order valence-corrected chi connectivity index (χ2v) is 12.0. The number of carbonyl (C=O) groups excluding carboxylic acids is 1. The van der Waals surface area contributed by atoms with Crippen LogP contribution in [0.15, 0.2) is 95.8 Å². The summed E-state index contributed by atoms with van der Waals surface area (Å²) < 4.78 is 2.20. The van der Waals surface area contributed by atoms with E-state index in [-0.39, 0.29) is 29.1 Å². The largest absolute Gasteiger partial charge is 0.508 e. The van der Waals surface area contributed by atoms with Crippen LogP contribution < -0.4 is 10.9 Å². The number of nitrogens with one attached hydrogen (secondary N) is 2. The van der Waals surface area contributed by atoms with Crippen LogP contribution in [0.25, 0.3) is 21.9 Å². The van der Waals surface area contributed by atoms with E-state index in [1.807, 2.05) is 24.3 Å². The molecule has 1 amide bonds. The molecule has 0 saturated heterocycles. The number of allylic oxidation sites excluding steroid dienone is 1. The maximum atomic E-state index is 13.5. The van der Waals surface area contributed by atoms with Crippen molar-refractivity contribution in [3.63, 3.8) is 0 Å². The van der Waals surface area contributed by atoms with Crippen molar-refractivity contribution in [1.29, 1.82) is 0 Å². The lowest BCUT2D eigenvalue weighted by atomic mass is 9.83. The molecule has 2 saturated carbocycles. The Morgan fingerprint density at radius 1 is 1.00 bits per heavy atom. The highest BCUT2D eigenvalue weighted by Crippen LogP contribution is 2.48. The third-order valence-electron chi connectivity index (χ3n) is 9.20. The van der Waals surface area contributed by atoms with Gasteiger partial charge in [0.15, 0.2) is 0 Å². The number of hydrogen-bond acceptors (Lipinski definition) is 3. The number of aromatic hydroxyl groups is 1. The SMILES string of the molecule is C=C1CC1c1cc(=O)[nH]c2c1c1ccccc1n2Cc1ccc(C(C(=O)NCc2ccc(O)cc2)C2CCCC2)cc1. The molecule has 6 nitrogen and oxygen atoms in total. The third kappa shape index (κ3) is 4.91. The zero-order chi connectivity index (χ0) is 28.8. The van der Waals surface area contributed by atoms with Gasteiger partial charge in [-0.3, -0.25) is 9.59 Å². The molecule has 3 N–H and O–H groups in total. The fraction of sp³-hybridized carbons (Fsp3) is 0.278. The molecule has 2 heterocycles. The number of nitrogens with zero attached hydrogens (tertiary/aromatic N) is 1. The number of phenolic OH excluding ortho intramolecular Hbond substituents is 1. The van der Waals surface area contributed by atoms with Crippen LogP contribution in [-0.2, 0) is 17.9 Å². The van der Waals surface area contributed by atoms with Gasteiger partial charge >= 0.3 is 0 Å². The molecule has 2 aromatic heterocycles. The number of amides is 1. The van der Waals surface area contributed by atoms with E-state index in [0.29, 0.717) is 19.0 Å². The fourth-order valence-corrected chi connectivity index (χ4v) is 6.92. The highest BCUT2D eigenvalue weighted by atomic mass is 16.3. The molecule has 212 valence electrons. The minimum absolute atomic E-state index is 0.0527. The van der Waals surface area contributed by atoms with Crippen molar-refractivity contribution in [3.8, 4) is 5.75 Å². The molecule has 6 heteroatoms. The molecule has 2 aliphatic rings. The van der Waals surface area contributed by atoms with Crippen molar-refractivity contribution < 1.29 is 9.90 Å². The number of hydrogen-bond donors (Lipinski definition) is 3. The van der Waals surface area contributed by atoms with Gasteiger partial charge in [0.25, 0.3) is 0 Å². The first-order chi connectivity index (χ1) is 20.5. The van der Waals surface area contributed by atoms with Crippen molar-refractivity contribution in [2.24, 2.45) is 5.92 Å². The van der Waals surface area contributed by atoms with E-state index >= 15 is 0 Å². The Labute approximate surface area is 244 Å². The van der Waals surface area contributed by atoms with Gasteiger partial charge in [-0.15, -0.1) is 0 Å². The number of carbonyl (C=O) groups is 1. The van der Waals surface area contributed by atoms with E-state index in [4.69, 9.17) is 0 Å². The summed E-state index contributed by atoms with van der Waals surface area (Å²) in [6.45, 7) is 5.19. The lowest BCUT2D eigenvalue weighted by Gasteiger charge is -2.23. The first-order valence-corrected chi connectivity index (χ1v) is 14.9. The van der Waals surface area contributed by atoms with Crippen molar-refractivity contribution in [1.82, 2.24) is 14.9 Å². The number of fused-ring (bicyclic) bond motifs is 3. The van der Waals surface area contributed by atoms with Gasteiger partial charge in [-0.2, -0.15) is 0 Å². The number of aromatic amines is 1. The molecule has 3 aromatic carbocycles. The van der Waals surface area contributed by atoms with Gasteiger partial charge in [0, 0.05) is 35.8 Å². The van der Waals surface area contributed by atoms with Crippen molar-refractivity contribution in [2.75, 3.05) is 0 Å². The van der Waals surface area contributed by atoms with Gasteiger partial charge in [0.05, 0.1) is 11.4 Å². The minimum Gasteiger partial charge on any atom is -0.508 e.